The van der Waals surface area contributed by atoms with Crippen LogP contribution in [0.1, 0.15) is 31.6 Å². The van der Waals surface area contributed by atoms with Gasteiger partial charge in [-0.25, -0.2) is 14.8 Å². The lowest BCUT2D eigenvalue weighted by atomic mass is 10.2. The molecule has 1 aliphatic rings. The van der Waals surface area contributed by atoms with Crippen LogP contribution in [-0.4, -0.2) is 55.4 Å². The number of carbonyl (C=O) groups is 1. The minimum absolute atomic E-state index is 0.196. The number of nitrogens with one attached hydrogen (secondary N) is 1. The highest BCUT2D eigenvalue weighted by molar-refractivity contribution is 5.89. The summed E-state index contributed by atoms with van der Waals surface area (Å²) in [5.74, 6) is 1.49. The number of nitrogens with zero attached hydrogens (tertiary/aromatic N) is 6. The summed E-state index contributed by atoms with van der Waals surface area (Å²) < 4.78 is 7.68. The molecule has 2 aromatic heterocycles. The Morgan fingerprint density at radius 3 is 2.88 bits per heavy atom. The van der Waals surface area contributed by atoms with Crippen molar-refractivity contribution in [3.8, 4) is 0 Å². The van der Waals surface area contributed by atoms with Crippen LogP contribution in [0.5, 0.6) is 0 Å². The number of hydrogen-bond donors (Lipinski definition) is 1. The van der Waals surface area contributed by atoms with Crippen LogP contribution in [0.4, 0.5) is 10.5 Å². The van der Waals surface area contributed by atoms with Crippen molar-refractivity contribution in [2.45, 2.75) is 32.9 Å². The van der Waals surface area contributed by atoms with Crippen molar-refractivity contribution in [1.82, 2.24) is 29.6 Å². The average Bonchev–Trinajstić information content (AvgIpc) is 3.11. The van der Waals surface area contributed by atoms with Crippen LogP contribution < -0.4 is 5.32 Å². The second kappa shape index (κ2) is 7.35. The van der Waals surface area contributed by atoms with E-state index >= 15 is 0 Å². The highest BCUT2D eigenvalue weighted by Crippen LogP contribution is 2.21. The van der Waals surface area contributed by atoms with E-state index in [4.69, 9.17) is 4.74 Å². The molecule has 0 radical (unpaired) electrons. The summed E-state index contributed by atoms with van der Waals surface area (Å²) in [5, 5.41) is 10.9. The molecule has 1 aliphatic heterocycles. The number of hydrogen-bond acceptors (Lipinski definition) is 6. The van der Waals surface area contributed by atoms with Gasteiger partial charge in [0.15, 0.2) is 5.82 Å². The molecule has 1 atom stereocenters. The van der Waals surface area contributed by atoms with Gasteiger partial charge in [0.25, 0.3) is 0 Å². The van der Waals surface area contributed by atoms with E-state index in [-0.39, 0.29) is 12.1 Å². The van der Waals surface area contributed by atoms with Gasteiger partial charge >= 0.3 is 6.03 Å². The molecule has 1 saturated heterocycles. The van der Waals surface area contributed by atoms with E-state index in [1.54, 1.807) is 23.6 Å². The Hall–Kier alpha value is -2.55. The second-order valence-corrected chi connectivity index (χ2v) is 5.45. The van der Waals surface area contributed by atoms with Crippen molar-refractivity contribution in [2.24, 2.45) is 0 Å². The third-order valence-electron chi connectivity index (χ3n) is 3.90. The molecule has 24 heavy (non-hydrogen) atoms. The molecule has 128 valence electrons. The van der Waals surface area contributed by atoms with E-state index in [0.717, 1.165) is 24.6 Å². The van der Waals surface area contributed by atoms with Crippen LogP contribution in [-0.2, 0) is 17.7 Å². The summed E-state index contributed by atoms with van der Waals surface area (Å²) >= 11 is 0. The molecule has 0 unspecified atom stereocenters. The van der Waals surface area contributed by atoms with Gasteiger partial charge < -0.3 is 19.5 Å². The van der Waals surface area contributed by atoms with Crippen LogP contribution in [0.3, 0.4) is 0 Å². The van der Waals surface area contributed by atoms with Crippen molar-refractivity contribution in [3.05, 3.63) is 30.4 Å². The summed E-state index contributed by atoms with van der Waals surface area (Å²) in [6.45, 7) is 6.17. The van der Waals surface area contributed by atoms with Gasteiger partial charge in [-0.15, -0.1) is 10.2 Å². The molecular formula is C15H21N7O2. The Kier molecular flexibility index (Phi) is 4.99. The number of urea groups is 1. The van der Waals surface area contributed by atoms with Gasteiger partial charge in [-0.1, -0.05) is 6.92 Å². The van der Waals surface area contributed by atoms with Crippen LogP contribution in [0.15, 0.2) is 18.7 Å². The Bertz CT molecular complexity index is 685. The quantitative estimate of drug-likeness (QED) is 0.905. The zero-order chi connectivity index (χ0) is 16.9. The van der Waals surface area contributed by atoms with Crippen molar-refractivity contribution >= 4 is 11.7 Å². The fourth-order valence-corrected chi connectivity index (χ4v) is 2.55. The monoisotopic (exact) mass is 331 g/mol. The summed E-state index contributed by atoms with van der Waals surface area (Å²) in [5.41, 5.74) is 0.581. The predicted octanol–water partition coefficient (Wildman–Crippen LogP) is 1.26. The van der Waals surface area contributed by atoms with E-state index in [1.165, 1.54) is 0 Å². The van der Waals surface area contributed by atoms with Crippen LogP contribution in [0, 0.1) is 0 Å². The van der Waals surface area contributed by atoms with E-state index in [2.05, 4.69) is 25.5 Å². The van der Waals surface area contributed by atoms with Gasteiger partial charge in [-0.05, 0) is 6.92 Å². The standard InChI is InChI=1S/C15H21N7O2/c1-3-13-16-7-11(8-17-13)19-15(23)22-5-6-24-12(9-22)14-20-18-10-21(14)4-2/h7-8,10,12H,3-6,9H2,1-2H3,(H,19,23)/t12-/m1/s1. The number of anilines is 1. The normalized spacial score (nSPS) is 17.8. The zero-order valence-electron chi connectivity index (χ0n) is 13.8. The Balaban J connectivity index is 1.64. The lowest BCUT2D eigenvalue weighted by molar-refractivity contribution is -0.0199. The first-order valence-electron chi connectivity index (χ1n) is 8.07. The summed E-state index contributed by atoms with van der Waals surface area (Å²) in [6, 6.07) is -0.196. The maximum absolute atomic E-state index is 12.5. The highest BCUT2D eigenvalue weighted by atomic mass is 16.5. The van der Waals surface area contributed by atoms with Crippen molar-refractivity contribution in [1.29, 1.82) is 0 Å². The van der Waals surface area contributed by atoms with Crippen LogP contribution in [0.25, 0.3) is 0 Å². The average molecular weight is 331 g/mol. The largest absolute Gasteiger partial charge is 0.366 e. The van der Waals surface area contributed by atoms with Gasteiger partial charge in [0, 0.05) is 19.5 Å². The van der Waals surface area contributed by atoms with Gasteiger partial charge in [-0.2, -0.15) is 0 Å². The topological polar surface area (TPSA) is 98.1 Å². The van der Waals surface area contributed by atoms with E-state index < -0.39 is 0 Å². The fourth-order valence-electron chi connectivity index (χ4n) is 2.55. The molecule has 3 rings (SSSR count). The molecule has 0 saturated carbocycles. The van der Waals surface area contributed by atoms with E-state index in [1.807, 2.05) is 18.4 Å². The number of rotatable bonds is 4. The van der Waals surface area contributed by atoms with E-state index in [0.29, 0.717) is 25.4 Å². The molecule has 9 heteroatoms. The SMILES string of the molecule is CCc1ncc(NC(=O)N2CCO[C@@H](c3nncn3CC)C2)cn1. The Morgan fingerprint density at radius 2 is 2.17 bits per heavy atom. The number of morpholine rings is 1. The number of ether oxygens (including phenoxy) is 1. The highest BCUT2D eigenvalue weighted by Gasteiger charge is 2.28. The first-order chi connectivity index (χ1) is 11.7. The molecular weight excluding hydrogens is 310 g/mol. The van der Waals surface area contributed by atoms with Crippen LogP contribution >= 0.6 is 0 Å². The molecule has 0 spiro atoms. The summed E-state index contributed by atoms with van der Waals surface area (Å²) in [4.78, 5) is 22.5. The minimum Gasteiger partial charge on any atom is -0.366 e. The molecule has 2 aromatic rings. The molecule has 1 fully saturated rings. The number of aromatic nitrogens is 5. The van der Waals surface area contributed by atoms with Crippen molar-refractivity contribution < 1.29 is 9.53 Å². The van der Waals surface area contributed by atoms with Gasteiger partial charge in [-0.3, -0.25) is 0 Å². The molecule has 0 aromatic carbocycles. The van der Waals surface area contributed by atoms with Crippen molar-refractivity contribution in [2.75, 3.05) is 25.0 Å². The van der Waals surface area contributed by atoms with Gasteiger partial charge in [0.1, 0.15) is 18.3 Å². The van der Waals surface area contributed by atoms with E-state index in [9.17, 15) is 4.79 Å². The molecule has 1 N–H and O–H groups in total. The van der Waals surface area contributed by atoms with Crippen LogP contribution in [0.2, 0.25) is 0 Å². The first kappa shape index (κ1) is 16.3. The molecule has 3 heterocycles. The first-order valence-corrected chi connectivity index (χ1v) is 8.07. The molecule has 9 nitrogen and oxygen atoms in total. The smallest absolute Gasteiger partial charge is 0.322 e. The molecule has 0 aliphatic carbocycles. The lowest BCUT2D eigenvalue weighted by Gasteiger charge is -2.32. The van der Waals surface area contributed by atoms with Crippen molar-refractivity contribution in [3.63, 3.8) is 0 Å². The third kappa shape index (κ3) is 3.51. The maximum Gasteiger partial charge on any atom is 0.322 e. The maximum atomic E-state index is 12.5. The Morgan fingerprint density at radius 1 is 1.38 bits per heavy atom. The third-order valence-corrected chi connectivity index (χ3v) is 3.90. The number of amides is 2. The predicted molar refractivity (Wildman–Crippen MR) is 86.4 cm³/mol. The van der Waals surface area contributed by atoms with Gasteiger partial charge in [0.05, 0.1) is 31.2 Å². The minimum atomic E-state index is -0.273. The Labute approximate surface area is 140 Å². The summed E-state index contributed by atoms with van der Waals surface area (Å²) in [6.07, 6.45) is 5.40. The number of aryl methyl sites for hydroxylation is 2. The molecule has 2 amide bonds. The lowest BCUT2D eigenvalue weighted by Crippen LogP contribution is -2.45. The molecule has 0 bridgehead atoms. The number of carbonyl (C=O) groups excluding carboxylic acids is 1. The summed E-state index contributed by atoms with van der Waals surface area (Å²) in [7, 11) is 0. The zero-order valence-corrected chi connectivity index (χ0v) is 13.8. The van der Waals surface area contributed by atoms with Gasteiger partial charge in [0.2, 0.25) is 0 Å². The fraction of sp³-hybridized carbons (Fsp3) is 0.533. The second-order valence-electron chi connectivity index (χ2n) is 5.45.